The van der Waals surface area contributed by atoms with Gasteiger partial charge in [-0.2, -0.15) is 0 Å². The number of aromatic amines is 1. The summed E-state index contributed by atoms with van der Waals surface area (Å²) >= 11 is 0. The van der Waals surface area contributed by atoms with Crippen LogP contribution in [0.15, 0.2) is 109 Å². The molecular formula is C31H35NO5. The molecular weight excluding hydrogens is 466 g/mol. The number of rotatable bonds is 14. The average molecular weight is 502 g/mol. The Bertz CT molecular complexity index is 1150. The molecule has 37 heavy (non-hydrogen) atoms. The van der Waals surface area contributed by atoms with Crippen LogP contribution in [0.5, 0.6) is 0 Å². The number of benzene rings is 3. The number of aliphatic hydroxyl groups excluding tert-OH is 2. The first-order valence-electron chi connectivity index (χ1n) is 12.5. The third-order valence-corrected chi connectivity index (χ3v) is 6.44. The van der Waals surface area contributed by atoms with E-state index in [0.717, 1.165) is 16.7 Å². The summed E-state index contributed by atoms with van der Waals surface area (Å²) in [7, 11) is 0. The van der Waals surface area contributed by atoms with E-state index in [9.17, 15) is 10.2 Å². The van der Waals surface area contributed by atoms with Crippen molar-refractivity contribution < 1.29 is 24.4 Å². The summed E-state index contributed by atoms with van der Waals surface area (Å²) in [6.45, 7) is 2.61. The molecule has 1 aromatic heterocycles. The van der Waals surface area contributed by atoms with E-state index >= 15 is 0 Å². The van der Waals surface area contributed by atoms with E-state index in [2.05, 4.69) is 4.98 Å². The van der Waals surface area contributed by atoms with E-state index in [1.54, 1.807) is 19.2 Å². The standard InChI is InChI=1S/C31H35NO5/c1-31(29(34)27-18-11-19-32-27,37-22-26-16-9-4-10-17-26)30(36-21-25-14-7-3-8-15-25)28(33)23-35-20-24-12-5-2-6-13-24/h2-19,28-30,32-34H,20-23H2,1H3/t28-,29?,30-,31+/m1/s1. The van der Waals surface area contributed by atoms with Crippen molar-refractivity contribution in [3.8, 4) is 0 Å². The summed E-state index contributed by atoms with van der Waals surface area (Å²) in [6, 6.07) is 32.8. The van der Waals surface area contributed by atoms with Crippen LogP contribution in [0.4, 0.5) is 0 Å². The molecule has 0 bridgehead atoms. The van der Waals surface area contributed by atoms with Gasteiger partial charge in [0.1, 0.15) is 23.9 Å². The maximum atomic E-state index is 11.5. The van der Waals surface area contributed by atoms with Crippen molar-refractivity contribution in [2.75, 3.05) is 6.61 Å². The van der Waals surface area contributed by atoms with Crippen LogP contribution in [-0.4, -0.2) is 39.6 Å². The topological polar surface area (TPSA) is 83.9 Å². The average Bonchev–Trinajstić information content (AvgIpc) is 3.48. The van der Waals surface area contributed by atoms with Crippen LogP contribution < -0.4 is 0 Å². The molecule has 1 heterocycles. The second-order valence-corrected chi connectivity index (χ2v) is 9.27. The first-order chi connectivity index (χ1) is 18.1. The molecule has 6 heteroatoms. The summed E-state index contributed by atoms with van der Waals surface area (Å²) in [5, 5.41) is 22.9. The summed E-state index contributed by atoms with van der Waals surface area (Å²) in [4.78, 5) is 3.07. The molecule has 4 rings (SSSR count). The first kappa shape index (κ1) is 26.8. The van der Waals surface area contributed by atoms with E-state index < -0.39 is 23.9 Å². The molecule has 0 radical (unpaired) electrons. The maximum Gasteiger partial charge on any atom is 0.126 e. The maximum absolute atomic E-state index is 11.5. The number of aromatic nitrogens is 1. The second kappa shape index (κ2) is 13.3. The summed E-state index contributed by atoms with van der Waals surface area (Å²) in [5.41, 5.74) is 2.16. The number of hydrogen-bond acceptors (Lipinski definition) is 5. The van der Waals surface area contributed by atoms with Crippen molar-refractivity contribution in [1.29, 1.82) is 0 Å². The molecule has 0 saturated heterocycles. The molecule has 6 nitrogen and oxygen atoms in total. The van der Waals surface area contributed by atoms with Gasteiger partial charge >= 0.3 is 0 Å². The Morgan fingerprint density at radius 2 is 1.24 bits per heavy atom. The Morgan fingerprint density at radius 3 is 1.78 bits per heavy atom. The predicted octanol–water partition coefficient (Wildman–Crippen LogP) is 5.19. The molecule has 194 valence electrons. The highest BCUT2D eigenvalue weighted by Crippen LogP contribution is 2.36. The zero-order valence-corrected chi connectivity index (χ0v) is 21.1. The van der Waals surface area contributed by atoms with Gasteiger partial charge in [-0.1, -0.05) is 91.0 Å². The Kier molecular flexibility index (Phi) is 9.65. The fourth-order valence-electron chi connectivity index (χ4n) is 4.33. The molecule has 0 aliphatic heterocycles. The summed E-state index contributed by atoms with van der Waals surface area (Å²) < 4.78 is 18.6. The van der Waals surface area contributed by atoms with Crippen LogP contribution in [0.25, 0.3) is 0 Å². The van der Waals surface area contributed by atoms with E-state index in [0.29, 0.717) is 12.3 Å². The van der Waals surface area contributed by atoms with E-state index in [-0.39, 0.29) is 19.8 Å². The van der Waals surface area contributed by atoms with Crippen molar-refractivity contribution in [1.82, 2.24) is 4.98 Å². The zero-order valence-electron chi connectivity index (χ0n) is 21.1. The Labute approximate surface area is 218 Å². The largest absolute Gasteiger partial charge is 0.388 e. The molecule has 0 amide bonds. The Hall–Kier alpha value is -3.26. The lowest BCUT2D eigenvalue weighted by atomic mass is 9.86. The van der Waals surface area contributed by atoms with Crippen LogP contribution >= 0.6 is 0 Å². The van der Waals surface area contributed by atoms with Crippen LogP contribution in [0.2, 0.25) is 0 Å². The van der Waals surface area contributed by atoms with Gasteiger partial charge in [0.25, 0.3) is 0 Å². The molecule has 0 aliphatic carbocycles. The zero-order chi connectivity index (χ0) is 25.9. The number of aliphatic hydroxyl groups is 2. The molecule has 4 aromatic rings. The monoisotopic (exact) mass is 501 g/mol. The molecule has 0 spiro atoms. The predicted molar refractivity (Wildman–Crippen MR) is 143 cm³/mol. The third-order valence-electron chi connectivity index (χ3n) is 6.44. The van der Waals surface area contributed by atoms with Crippen molar-refractivity contribution in [3.05, 3.63) is 132 Å². The van der Waals surface area contributed by atoms with Gasteiger partial charge in [0.15, 0.2) is 0 Å². The van der Waals surface area contributed by atoms with Gasteiger partial charge in [0, 0.05) is 11.9 Å². The highest BCUT2D eigenvalue weighted by molar-refractivity contribution is 5.18. The highest BCUT2D eigenvalue weighted by Gasteiger charge is 2.47. The minimum absolute atomic E-state index is 0.0100. The lowest BCUT2D eigenvalue weighted by Gasteiger charge is -2.42. The molecule has 0 aliphatic rings. The normalized spacial score (nSPS) is 15.5. The van der Waals surface area contributed by atoms with E-state index in [1.807, 2.05) is 97.1 Å². The van der Waals surface area contributed by atoms with Crippen molar-refractivity contribution in [3.63, 3.8) is 0 Å². The minimum atomic E-state index is -1.31. The lowest BCUT2D eigenvalue weighted by molar-refractivity contribution is -0.230. The van der Waals surface area contributed by atoms with Crippen LogP contribution in [0.3, 0.4) is 0 Å². The van der Waals surface area contributed by atoms with Gasteiger partial charge in [-0.25, -0.2) is 0 Å². The SMILES string of the molecule is C[C@](OCc1ccccc1)(C(O)c1ccc[nH]1)[C@H](OCc1ccccc1)[C@H](O)COCc1ccccc1. The smallest absolute Gasteiger partial charge is 0.126 e. The van der Waals surface area contributed by atoms with Gasteiger partial charge in [-0.15, -0.1) is 0 Å². The first-order valence-corrected chi connectivity index (χ1v) is 12.5. The van der Waals surface area contributed by atoms with Crippen LogP contribution in [0, 0.1) is 0 Å². The van der Waals surface area contributed by atoms with Crippen LogP contribution in [-0.2, 0) is 34.0 Å². The van der Waals surface area contributed by atoms with E-state index in [4.69, 9.17) is 14.2 Å². The number of ether oxygens (including phenoxy) is 3. The Balaban J connectivity index is 1.58. The van der Waals surface area contributed by atoms with Gasteiger partial charge < -0.3 is 29.4 Å². The van der Waals surface area contributed by atoms with Crippen LogP contribution in [0.1, 0.15) is 35.4 Å². The molecule has 0 saturated carbocycles. The molecule has 1 unspecified atom stereocenters. The van der Waals surface area contributed by atoms with E-state index in [1.165, 1.54) is 0 Å². The molecule has 4 atom stereocenters. The summed E-state index contributed by atoms with van der Waals surface area (Å²) in [6.07, 6.45) is -1.34. The molecule has 3 aromatic carbocycles. The quantitative estimate of drug-likeness (QED) is 0.222. The van der Waals surface area contributed by atoms with Crippen molar-refractivity contribution in [2.45, 2.75) is 50.7 Å². The van der Waals surface area contributed by atoms with Gasteiger partial charge in [0.2, 0.25) is 0 Å². The lowest BCUT2D eigenvalue weighted by Crippen LogP contribution is -2.55. The fourth-order valence-corrected chi connectivity index (χ4v) is 4.33. The van der Waals surface area contributed by atoms with Crippen molar-refractivity contribution in [2.24, 2.45) is 0 Å². The number of hydrogen-bond donors (Lipinski definition) is 3. The highest BCUT2D eigenvalue weighted by atomic mass is 16.6. The van der Waals surface area contributed by atoms with Gasteiger partial charge in [0.05, 0.1) is 26.4 Å². The fraction of sp³-hybridized carbons (Fsp3) is 0.290. The minimum Gasteiger partial charge on any atom is -0.388 e. The number of nitrogens with one attached hydrogen (secondary N) is 1. The second-order valence-electron chi connectivity index (χ2n) is 9.27. The van der Waals surface area contributed by atoms with Crippen molar-refractivity contribution >= 4 is 0 Å². The molecule has 3 N–H and O–H groups in total. The Morgan fingerprint density at radius 1 is 0.703 bits per heavy atom. The van der Waals surface area contributed by atoms with Gasteiger partial charge in [-0.05, 0) is 35.7 Å². The molecule has 0 fully saturated rings. The number of H-pyrrole nitrogens is 1. The summed E-state index contributed by atoms with van der Waals surface area (Å²) in [5.74, 6) is 0. The van der Waals surface area contributed by atoms with Gasteiger partial charge in [-0.3, -0.25) is 0 Å². The third kappa shape index (κ3) is 7.38.